The fraction of sp³-hybridized carbons (Fsp3) is 0.529. The van der Waals surface area contributed by atoms with Gasteiger partial charge in [0, 0.05) is 0 Å². The van der Waals surface area contributed by atoms with E-state index in [4.69, 9.17) is 0 Å². The topological polar surface area (TPSA) is 0 Å². The van der Waals surface area contributed by atoms with Crippen molar-refractivity contribution in [3.05, 3.63) is 41.7 Å². The van der Waals surface area contributed by atoms with Crippen molar-refractivity contribution in [3.63, 3.8) is 0 Å². The molecule has 0 bridgehead atoms. The molecule has 0 aromatic heterocycles. The van der Waals surface area contributed by atoms with Crippen molar-refractivity contribution in [2.24, 2.45) is 0 Å². The van der Waals surface area contributed by atoms with Gasteiger partial charge in [0.2, 0.25) is 0 Å². The molecule has 0 spiro atoms. The predicted octanol–water partition coefficient (Wildman–Crippen LogP) is 6.14. The lowest BCUT2D eigenvalue weighted by atomic mass is 10.1. The molecule has 0 N–H and O–H groups in total. The fourth-order valence-corrected chi connectivity index (χ4v) is 2.05. The highest BCUT2D eigenvalue weighted by Crippen LogP contribution is 2.16. The molecule has 0 atom stereocenters. The Morgan fingerprint density at radius 1 is 0.944 bits per heavy atom. The maximum Gasteiger partial charge on any atom is 0.101 e. The van der Waals surface area contributed by atoms with E-state index in [1.807, 2.05) is 30.3 Å². The maximum absolute atomic E-state index is 13.6. The van der Waals surface area contributed by atoms with Crippen LogP contribution in [0.4, 0.5) is 4.39 Å². The third-order valence-corrected chi connectivity index (χ3v) is 3.14. The summed E-state index contributed by atoms with van der Waals surface area (Å²) in [7, 11) is 0. The van der Waals surface area contributed by atoms with Crippen LogP contribution in [0.5, 0.6) is 0 Å². The van der Waals surface area contributed by atoms with Crippen LogP contribution in [0.1, 0.15) is 63.9 Å². The minimum atomic E-state index is 0.00904. The molecule has 1 rings (SSSR count). The van der Waals surface area contributed by atoms with Gasteiger partial charge in [0.15, 0.2) is 0 Å². The molecule has 0 fully saturated rings. The van der Waals surface area contributed by atoms with Crippen LogP contribution in [0.3, 0.4) is 0 Å². The van der Waals surface area contributed by atoms with Crippen molar-refractivity contribution in [2.75, 3.05) is 0 Å². The molecule has 0 amide bonds. The maximum atomic E-state index is 13.6. The van der Waals surface area contributed by atoms with Crippen LogP contribution in [0.15, 0.2) is 36.2 Å². The first kappa shape index (κ1) is 14.9. The van der Waals surface area contributed by atoms with Gasteiger partial charge < -0.3 is 0 Å². The summed E-state index contributed by atoms with van der Waals surface area (Å²) in [5.74, 6) is 0.00904. The first-order chi connectivity index (χ1) is 8.83. The number of hydrogen-bond donors (Lipinski definition) is 0. The summed E-state index contributed by atoms with van der Waals surface area (Å²) in [6.07, 6.45) is 10.9. The van der Waals surface area contributed by atoms with E-state index >= 15 is 0 Å². The van der Waals surface area contributed by atoms with Gasteiger partial charge in [-0.2, -0.15) is 0 Å². The zero-order valence-corrected chi connectivity index (χ0v) is 11.5. The Bertz CT molecular complexity index is 327. The number of halogens is 1. The molecule has 0 aliphatic carbocycles. The van der Waals surface area contributed by atoms with Gasteiger partial charge in [0.25, 0.3) is 0 Å². The molecule has 18 heavy (non-hydrogen) atoms. The molecule has 0 saturated heterocycles. The molecule has 0 aliphatic heterocycles. The average molecular weight is 248 g/mol. The van der Waals surface area contributed by atoms with Crippen LogP contribution in [-0.2, 0) is 0 Å². The van der Waals surface area contributed by atoms with Crippen molar-refractivity contribution in [3.8, 4) is 0 Å². The lowest BCUT2D eigenvalue weighted by Crippen LogP contribution is -1.81. The molecule has 0 radical (unpaired) electrons. The summed E-state index contributed by atoms with van der Waals surface area (Å²) in [6, 6.07) is 9.69. The van der Waals surface area contributed by atoms with E-state index in [2.05, 4.69) is 6.92 Å². The molecule has 0 aliphatic rings. The second-order valence-electron chi connectivity index (χ2n) is 4.87. The van der Waals surface area contributed by atoms with Gasteiger partial charge in [0.1, 0.15) is 5.83 Å². The van der Waals surface area contributed by atoms with Gasteiger partial charge in [-0.1, -0.05) is 75.8 Å². The fourth-order valence-electron chi connectivity index (χ4n) is 2.05. The number of unbranched alkanes of at least 4 members (excludes halogenated alkanes) is 6. The number of allylic oxidation sites excluding steroid dienone is 1. The lowest BCUT2D eigenvalue weighted by Gasteiger charge is -2.00. The summed E-state index contributed by atoms with van der Waals surface area (Å²) in [5, 5.41) is 0. The average Bonchev–Trinajstić information content (AvgIpc) is 2.39. The minimum Gasteiger partial charge on any atom is -0.212 e. The van der Waals surface area contributed by atoms with Crippen LogP contribution < -0.4 is 0 Å². The van der Waals surface area contributed by atoms with Gasteiger partial charge in [-0.15, -0.1) is 0 Å². The summed E-state index contributed by atoms with van der Waals surface area (Å²) in [4.78, 5) is 0. The smallest absolute Gasteiger partial charge is 0.101 e. The van der Waals surface area contributed by atoms with Crippen molar-refractivity contribution in [1.29, 1.82) is 0 Å². The van der Waals surface area contributed by atoms with E-state index in [1.165, 1.54) is 32.1 Å². The van der Waals surface area contributed by atoms with Crippen molar-refractivity contribution >= 4 is 6.08 Å². The molecule has 0 nitrogen and oxygen atoms in total. The lowest BCUT2D eigenvalue weighted by molar-refractivity contribution is 0.542. The number of hydrogen-bond acceptors (Lipinski definition) is 0. The van der Waals surface area contributed by atoms with Crippen molar-refractivity contribution < 1.29 is 4.39 Å². The third-order valence-electron chi connectivity index (χ3n) is 3.14. The first-order valence-electron chi connectivity index (χ1n) is 7.24. The largest absolute Gasteiger partial charge is 0.212 e. The van der Waals surface area contributed by atoms with E-state index in [0.29, 0.717) is 6.42 Å². The number of benzene rings is 1. The van der Waals surface area contributed by atoms with Gasteiger partial charge in [-0.25, -0.2) is 4.39 Å². The monoisotopic (exact) mass is 248 g/mol. The molecular weight excluding hydrogens is 223 g/mol. The highest BCUT2D eigenvalue weighted by atomic mass is 19.1. The summed E-state index contributed by atoms with van der Waals surface area (Å²) < 4.78 is 13.6. The Kier molecular flexibility index (Phi) is 8.20. The van der Waals surface area contributed by atoms with E-state index in [0.717, 1.165) is 18.4 Å². The van der Waals surface area contributed by atoms with Gasteiger partial charge in [-0.3, -0.25) is 0 Å². The Labute approximate surface area is 111 Å². The summed E-state index contributed by atoms with van der Waals surface area (Å²) in [5.41, 5.74) is 0.956. The van der Waals surface area contributed by atoms with Crippen molar-refractivity contribution in [2.45, 2.75) is 58.3 Å². The Balaban J connectivity index is 2.10. The molecule has 1 aromatic rings. The van der Waals surface area contributed by atoms with Crippen LogP contribution in [0.25, 0.3) is 6.08 Å². The van der Waals surface area contributed by atoms with Crippen LogP contribution in [0.2, 0.25) is 0 Å². The van der Waals surface area contributed by atoms with Crippen LogP contribution >= 0.6 is 0 Å². The first-order valence-corrected chi connectivity index (χ1v) is 7.24. The Morgan fingerprint density at radius 2 is 1.56 bits per heavy atom. The van der Waals surface area contributed by atoms with E-state index in [9.17, 15) is 4.39 Å². The van der Waals surface area contributed by atoms with E-state index in [-0.39, 0.29) is 5.83 Å². The van der Waals surface area contributed by atoms with Crippen molar-refractivity contribution in [1.82, 2.24) is 0 Å². The SMILES string of the molecule is CCCCCCCCCC(F)=Cc1ccccc1. The third kappa shape index (κ3) is 7.26. The Morgan fingerprint density at radius 3 is 2.22 bits per heavy atom. The van der Waals surface area contributed by atoms with Gasteiger partial charge in [0.05, 0.1) is 0 Å². The van der Waals surface area contributed by atoms with Crippen LogP contribution in [-0.4, -0.2) is 0 Å². The summed E-state index contributed by atoms with van der Waals surface area (Å²) >= 11 is 0. The second-order valence-corrected chi connectivity index (χ2v) is 4.87. The summed E-state index contributed by atoms with van der Waals surface area (Å²) in [6.45, 7) is 2.23. The molecule has 0 unspecified atom stereocenters. The molecule has 1 aromatic carbocycles. The van der Waals surface area contributed by atoms with E-state index < -0.39 is 0 Å². The standard InChI is InChI=1S/C17H25F/c1-2-3-4-5-6-7-11-14-17(18)15-16-12-9-8-10-13-16/h8-10,12-13,15H,2-7,11,14H2,1H3. The second kappa shape index (κ2) is 9.87. The zero-order valence-electron chi connectivity index (χ0n) is 11.5. The van der Waals surface area contributed by atoms with E-state index in [1.54, 1.807) is 6.08 Å². The quantitative estimate of drug-likeness (QED) is 0.460. The minimum absolute atomic E-state index is 0.00904. The number of rotatable bonds is 9. The van der Waals surface area contributed by atoms with Gasteiger partial charge in [-0.05, 0) is 24.5 Å². The highest BCUT2D eigenvalue weighted by Gasteiger charge is 1.97. The van der Waals surface area contributed by atoms with Crippen LogP contribution in [0, 0.1) is 0 Å². The normalized spacial score (nSPS) is 11.8. The molecule has 100 valence electrons. The zero-order chi connectivity index (χ0) is 13.1. The molecular formula is C17H25F. The molecule has 0 saturated carbocycles. The highest BCUT2D eigenvalue weighted by molar-refractivity contribution is 5.50. The van der Waals surface area contributed by atoms with Gasteiger partial charge >= 0.3 is 0 Å². The molecule has 0 heterocycles. The Hall–Kier alpha value is -1.11. The molecule has 1 heteroatoms. The predicted molar refractivity (Wildman–Crippen MR) is 78.1 cm³/mol.